The van der Waals surface area contributed by atoms with Crippen LogP contribution in [0.15, 0.2) is 12.4 Å². The molecule has 0 aliphatic heterocycles. The Morgan fingerprint density at radius 2 is 2.25 bits per heavy atom. The number of carbonyl (C=O) groups excluding carboxylic acids is 1. The van der Waals surface area contributed by atoms with Crippen molar-refractivity contribution in [3.8, 4) is 0 Å². The predicted octanol–water partition coefficient (Wildman–Crippen LogP) is 1.66. The number of hydrogen-bond donors (Lipinski definition) is 0. The minimum atomic E-state index is -4.29. The molecule has 1 aromatic rings. The molecule has 0 fully saturated rings. The van der Waals surface area contributed by atoms with Crippen LogP contribution in [0.5, 0.6) is 0 Å². The van der Waals surface area contributed by atoms with E-state index in [1.54, 1.807) is 10.8 Å². The van der Waals surface area contributed by atoms with E-state index in [2.05, 4.69) is 9.72 Å². The highest BCUT2D eigenvalue weighted by Gasteiger charge is 2.27. The second-order valence-electron chi connectivity index (χ2n) is 3.12. The first-order chi connectivity index (χ1) is 7.53. The Bertz CT molecular complexity index is 336. The SMILES string of the molecule is O=Cc1nccn1CCCOCC(F)(F)F. The van der Waals surface area contributed by atoms with Gasteiger partial charge in [0.2, 0.25) is 0 Å². The van der Waals surface area contributed by atoms with Crippen LogP contribution < -0.4 is 0 Å². The van der Waals surface area contributed by atoms with Crippen molar-refractivity contribution in [1.29, 1.82) is 0 Å². The number of aryl methyl sites for hydroxylation is 1. The van der Waals surface area contributed by atoms with E-state index in [4.69, 9.17) is 0 Å². The zero-order chi connectivity index (χ0) is 12.0. The largest absolute Gasteiger partial charge is 0.411 e. The number of alkyl halides is 3. The van der Waals surface area contributed by atoms with E-state index < -0.39 is 12.8 Å². The molecule has 0 unspecified atom stereocenters. The van der Waals surface area contributed by atoms with Gasteiger partial charge in [0.25, 0.3) is 0 Å². The first kappa shape index (κ1) is 12.7. The van der Waals surface area contributed by atoms with Gasteiger partial charge in [0.15, 0.2) is 12.1 Å². The minimum absolute atomic E-state index is 0.00398. The summed E-state index contributed by atoms with van der Waals surface area (Å²) in [7, 11) is 0. The molecule has 1 aromatic heterocycles. The van der Waals surface area contributed by atoms with Gasteiger partial charge in [0, 0.05) is 25.5 Å². The van der Waals surface area contributed by atoms with E-state index in [-0.39, 0.29) is 12.4 Å². The van der Waals surface area contributed by atoms with Crippen molar-refractivity contribution in [2.75, 3.05) is 13.2 Å². The Morgan fingerprint density at radius 3 is 2.88 bits per heavy atom. The Morgan fingerprint density at radius 1 is 1.50 bits per heavy atom. The highest BCUT2D eigenvalue weighted by Crippen LogP contribution is 2.14. The van der Waals surface area contributed by atoms with Crippen LogP contribution in [0.1, 0.15) is 17.0 Å². The zero-order valence-electron chi connectivity index (χ0n) is 8.41. The van der Waals surface area contributed by atoms with Gasteiger partial charge in [-0.25, -0.2) is 4.98 Å². The maximum Gasteiger partial charge on any atom is 0.411 e. The molecule has 0 aliphatic rings. The van der Waals surface area contributed by atoms with Gasteiger partial charge >= 0.3 is 6.18 Å². The third-order valence-corrected chi connectivity index (χ3v) is 1.81. The Hall–Kier alpha value is -1.37. The molecule has 1 rings (SSSR count). The van der Waals surface area contributed by atoms with Crippen LogP contribution in [0.4, 0.5) is 13.2 Å². The van der Waals surface area contributed by atoms with E-state index in [0.717, 1.165) is 0 Å². The summed E-state index contributed by atoms with van der Waals surface area (Å²) in [5.41, 5.74) is 0. The molecule has 0 spiro atoms. The summed E-state index contributed by atoms with van der Waals surface area (Å²) in [4.78, 5) is 14.2. The van der Waals surface area contributed by atoms with Gasteiger partial charge in [-0.05, 0) is 6.42 Å². The van der Waals surface area contributed by atoms with E-state index in [0.29, 0.717) is 19.3 Å². The first-order valence-corrected chi connectivity index (χ1v) is 4.64. The monoisotopic (exact) mass is 236 g/mol. The highest BCUT2D eigenvalue weighted by atomic mass is 19.4. The van der Waals surface area contributed by atoms with E-state index in [9.17, 15) is 18.0 Å². The molecule has 0 saturated carbocycles. The fourth-order valence-electron chi connectivity index (χ4n) is 1.15. The van der Waals surface area contributed by atoms with Crippen LogP contribution in [0.3, 0.4) is 0 Å². The molecule has 0 amide bonds. The van der Waals surface area contributed by atoms with Crippen LogP contribution in [0.25, 0.3) is 0 Å². The van der Waals surface area contributed by atoms with E-state index in [1.807, 2.05) is 0 Å². The first-order valence-electron chi connectivity index (χ1n) is 4.64. The topological polar surface area (TPSA) is 44.1 Å². The van der Waals surface area contributed by atoms with Crippen molar-refractivity contribution in [2.24, 2.45) is 0 Å². The number of carbonyl (C=O) groups is 1. The third kappa shape index (κ3) is 4.43. The van der Waals surface area contributed by atoms with Gasteiger partial charge in [-0.1, -0.05) is 0 Å². The fraction of sp³-hybridized carbons (Fsp3) is 0.556. The molecular formula is C9H11F3N2O2. The summed E-state index contributed by atoms with van der Waals surface area (Å²) in [6.45, 7) is -0.834. The lowest BCUT2D eigenvalue weighted by molar-refractivity contribution is -0.174. The maximum absolute atomic E-state index is 11.7. The fourth-order valence-corrected chi connectivity index (χ4v) is 1.15. The van der Waals surface area contributed by atoms with E-state index >= 15 is 0 Å². The summed E-state index contributed by atoms with van der Waals surface area (Å²) in [5, 5.41) is 0. The lowest BCUT2D eigenvalue weighted by Crippen LogP contribution is -2.18. The second-order valence-corrected chi connectivity index (χ2v) is 3.12. The van der Waals surface area contributed by atoms with Crippen LogP contribution >= 0.6 is 0 Å². The molecule has 7 heteroatoms. The second kappa shape index (κ2) is 5.64. The molecule has 0 aliphatic carbocycles. The van der Waals surface area contributed by atoms with Gasteiger partial charge in [-0.2, -0.15) is 13.2 Å². The molecule has 16 heavy (non-hydrogen) atoms. The minimum Gasteiger partial charge on any atom is -0.372 e. The Kier molecular flexibility index (Phi) is 4.48. The number of ether oxygens (including phenoxy) is 1. The summed E-state index contributed by atoms with van der Waals surface area (Å²) in [5.74, 6) is 0.260. The van der Waals surface area contributed by atoms with Crippen molar-refractivity contribution in [1.82, 2.24) is 9.55 Å². The average molecular weight is 236 g/mol. The number of aldehydes is 1. The smallest absolute Gasteiger partial charge is 0.372 e. The molecule has 0 saturated heterocycles. The molecule has 90 valence electrons. The number of imidazole rings is 1. The van der Waals surface area contributed by atoms with Crippen LogP contribution in [0.2, 0.25) is 0 Å². The lowest BCUT2D eigenvalue weighted by atomic mass is 10.4. The summed E-state index contributed by atoms with van der Waals surface area (Å²) < 4.78 is 41.0. The van der Waals surface area contributed by atoms with Gasteiger partial charge in [-0.3, -0.25) is 4.79 Å². The quantitative estimate of drug-likeness (QED) is 0.557. The van der Waals surface area contributed by atoms with Crippen LogP contribution in [-0.4, -0.2) is 35.2 Å². The molecule has 4 nitrogen and oxygen atoms in total. The number of halogens is 3. The Labute approximate surface area is 90.0 Å². The molecule has 1 heterocycles. The van der Waals surface area contributed by atoms with Crippen molar-refractivity contribution in [3.63, 3.8) is 0 Å². The molecule has 0 atom stereocenters. The summed E-state index contributed by atoms with van der Waals surface area (Å²) in [6, 6.07) is 0. The summed E-state index contributed by atoms with van der Waals surface area (Å²) in [6.07, 6.45) is -0.249. The van der Waals surface area contributed by atoms with Gasteiger partial charge in [-0.15, -0.1) is 0 Å². The summed E-state index contributed by atoms with van der Waals surface area (Å²) >= 11 is 0. The molecule has 0 radical (unpaired) electrons. The molecular weight excluding hydrogens is 225 g/mol. The number of nitrogens with zero attached hydrogens (tertiary/aromatic N) is 2. The zero-order valence-corrected chi connectivity index (χ0v) is 8.41. The van der Waals surface area contributed by atoms with Crippen molar-refractivity contribution >= 4 is 6.29 Å². The van der Waals surface area contributed by atoms with Crippen molar-refractivity contribution < 1.29 is 22.7 Å². The Balaban J connectivity index is 2.19. The lowest BCUT2D eigenvalue weighted by Gasteiger charge is -2.08. The molecule has 0 N–H and O–H groups in total. The normalized spacial score (nSPS) is 11.7. The standard InChI is InChI=1S/C9H11F3N2O2/c10-9(11,12)7-16-5-1-3-14-4-2-13-8(14)6-15/h2,4,6H,1,3,5,7H2. The molecule has 0 bridgehead atoms. The van der Waals surface area contributed by atoms with Gasteiger partial charge in [0.1, 0.15) is 6.61 Å². The number of aromatic nitrogens is 2. The van der Waals surface area contributed by atoms with Crippen LogP contribution in [0, 0.1) is 0 Å². The van der Waals surface area contributed by atoms with Crippen LogP contribution in [-0.2, 0) is 11.3 Å². The highest BCUT2D eigenvalue weighted by molar-refractivity contribution is 5.69. The van der Waals surface area contributed by atoms with Crippen molar-refractivity contribution in [3.05, 3.63) is 18.2 Å². The third-order valence-electron chi connectivity index (χ3n) is 1.81. The number of hydrogen-bond acceptors (Lipinski definition) is 3. The van der Waals surface area contributed by atoms with Gasteiger partial charge < -0.3 is 9.30 Å². The molecule has 0 aromatic carbocycles. The van der Waals surface area contributed by atoms with Gasteiger partial charge in [0.05, 0.1) is 0 Å². The average Bonchev–Trinajstić information content (AvgIpc) is 2.63. The predicted molar refractivity (Wildman–Crippen MR) is 49.1 cm³/mol. The van der Waals surface area contributed by atoms with Crippen molar-refractivity contribution in [2.45, 2.75) is 19.1 Å². The maximum atomic E-state index is 11.7. The number of rotatable bonds is 6. The van der Waals surface area contributed by atoms with E-state index in [1.165, 1.54) is 6.20 Å².